The second-order valence-corrected chi connectivity index (χ2v) is 5.61. The lowest BCUT2D eigenvalue weighted by atomic mass is 10.0. The quantitative estimate of drug-likeness (QED) is 0.666. The first kappa shape index (κ1) is 15.3. The monoisotopic (exact) mass is 363 g/mol. The topological polar surface area (TPSA) is 12.9 Å². The highest BCUT2D eigenvalue weighted by molar-refractivity contribution is 9.10. The van der Waals surface area contributed by atoms with Gasteiger partial charge in [0.05, 0.1) is 10.9 Å². The molecule has 0 saturated heterocycles. The molecule has 1 nitrogen and oxygen atoms in total. The minimum Gasteiger partial charge on any atom is -0.261 e. The summed E-state index contributed by atoms with van der Waals surface area (Å²) in [5, 5.41) is -0.582. The molecule has 1 unspecified atom stereocenters. The van der Waals surface area contributed by atoms with Crippen molar-refractivity contribution < 1.29 is 13.2 Å². The third-order valence-corrected chi connectivity index (χ3v) is 3.89. The molecular weight excluding hydrogens is 355 g/mol. The van der Waals surface area contributed by atoms with Gasteiger partial charge in [-0.25, -0.2) is 0 Å². The van der Waals surface area contributed by atoms with E-state index in [1.165, 1.54) is 6.07 Å². The number of hydrogen-bond acceptors (Lipinski definition) is 1. The van der Waals surface area contributed by atoms with E-state index in [-0.39, 0.29) is 0 Å². The lowest BCUT2D eigenvalue weighted by Gasteiger charge is -2.14. The molecule has 0 fully saturated rings. The molecule has 0 saturated carbocycles. The van der Waals surface area contributed by atoms with E-state index in [0.29, 0.717) is 16.5 Å². The molecule has 1 atom stereocenters. The molecule has 0 aliphatic heterocycles. The fraction of sp³-hybridized carbons (Fsp3) is 0.214. The number of nitrogens with zero attached hydrogens (tertiary/aromatic N) is 1. The average molecular weight is 365 g/mol. The van der Waals surface area contributed by atoms with Crippen LogP contribution in [0.1, 0.15) is 22.2 Å². The molecule has 1 aromatic carbocycles. The van der Waals surface area contributed by atoms with E-state index in [1.54, 1.807) is 18.3 Å². The highest BCUT2D eigenvalue weighted by Gasteiger charge is 2.31. The Kier molecular flexibility index (Phi) is 4.70. The fourth-order valence-electron chi connectivity index (χ4n) is 1.77. The summed E-state index contributed by atoms with van der Waals surface area (Å²) in [6.45, 7) is 0. The van der Waals surface area contributed by atoms with Crippen LogP contribution in [0.2, 0.25) is 0 Å². The van der Waals surface area contributed by atoms with Gasteiger partial charge in [-0.1, -0.05) is 22.0 Å². The first-order valence-electron chi connectivity index (χ1n) is 5.78. The molecule has 0 aliphatic rings. The van der Waals surface area contributed by atoms with E-state index in [4.69, 9.17) is 11.6 Å². The molecular formula is C14H10BrClF3N. The van der Waals surface area contributed by atoms with Crippen molar-refractivity contribution in [2.75, 3.05) is 0 Å². The van der Waals surface area contributed by atoms with Crippen LogP contribution >= 0.6 is 27.5 Å². The van der Waals surface area contributed by atoms with Crippen molar-refractivity contribution in [3.8, 4) is 0 Å². The number of rotatable bonds is 3. The Labute approximate surface area is 127 Å². The number of benzene rings is 1. The van der Waals surface area contributed by atoms with Crippen molar-refractivity contribution in [1.82, 2.24) is 4.98 Å². The van der Waals surface area contributed by atoms with Crippen molar-refractivity contribution in [3.63, 3.8) is 0 Å². The summed E-state index contributed by atoms with van der Waals surface area (Å²) in [4.78, 5) is 4.12. The van der Waals surface area contributed by atoms with Crippen LogP contribution in [-0.4, -0.2) is 4.98 Å². The molecule has 0 N–H and O–H groups in total. The summed E-state index contributed by atoms with van der Waals surface area (Å²) >= 11 is 9.47. The zero-order valence-corrected chi connectivity index (χ0v) is 12.5. The van der Waals surface area contributed by atoms with Gasteiger partial charge in [-0.05, 0) is 35.9 Å². The number of aromatic nitrogens is 1. The molecule has 6 heteroatoms. The van der Waals surface area contributed by atoms with Crippen molar-refractivity contribution in [2.24, 2.45) is 0 Å². The second kappa shape index (κ2) is 6.14. The Bertz CT molecular complexity index is 587. The van der Waals surface area contributed by atoms with Crippen LogP contribution in [0.4, 0.5) is 13.2 Å². The van der Waals surface area contributed by atoms with Gasteiger partial charge in [0.1, 0.15) is 0 Å². The first-order valence-corrected chi connectivity index (χ1v) is 7.01. The fourth-order valence-corrected chi connectivity index (χ4v) is 2.77. The van der Waals surface area contributed by atoms with E-state index in [1.807, 2.05) is 6.07 Å². The molecule has 0 radical (unpaired) electrons. The van der Waals surface area contributed by atoms with Crippen LogP contribution in [0, 0.1) is 0 Å². The molecule has 106 valence electrons. The van der Waals surface area contributed by atoms with Gasteiger partial charge in [-0.2, -0.15) is 13.2 Å². The molecule has 2 rings (SSSR count). The predicted octanol–water partition coefficient (Wildman–Crippen LogP) is 5.39. The maximum absolute atomic E-state index is 12.7. The Balaban J connectivity index is 2.27. The maximum atomic E-state index is 12.7. The number of pyridine rings is 1. The molecule has 0 bridgehead atoms. The van der Waals surface area contributed by atoms with Gasteiger partial charge in [0, 0.05) is 22.8 Å². The third kappa shape index (κ3) is 3.73. The first-order chi connectivity index (χ1) is 9.38. The zero-order chi connectivity index (χ0) is 14.8. The molecule has 2 aromatic rings. The Hall–Kier alpha value is -1.07. The normalized spacial score (nSPS) is 13.2. The molecule has 0 aliphatic carbocycles. The lowest BCUT2D eigenvalue weighted by molar-refractivity contribution is -0.137. The molecule has 20 heavy (non-hydrogen) atoms. The van der Waals surface area contributed by atoms with Crippen molar-refractivity contribution in [1.29, 1.82) is 0 Å². The SMILES string of the molecule is FC(F)(F)c1ccc(Br)c(C(Cl)Cc2ccccn2)c1. The van der Waals surface area contributed by atoms with Gasteiger partial charge in [-0.3, -0.25) is 4.98 Å². The molecule has 1 heterocycles. The van der Waals surface area contributed by atoms with E-state index < -0.39 is 17.1 Å². The van der Waals surface area contributed by atoms with Crippen LogP contribution in [0.15, 0.2) is 47.1 Å². The van der Waals surface area contributed by atoms with Crippen LogP contribution in [0.3, 0.4) is 0 Å². The summed E-state index contributed by atoms with van der Waals surface area (Å²) in [5.41, 5.74) is 0.436. The predicted molar refractivity (Wildman–Crippen MR) is 75.7 cm³/mol. The minimum atomic E-state index is -4.38. The lowest BCUT2D eigenvalue weighted by Crippen LogP contribution is -2.07. The van der Waals surface area contributed by atoms with Crippen LogP contribution in [0.25, 0.3) is 0 Å². The van der Waals surface area contributed by atoms with Gasteiger partial charge in [0.25, 0.3) is 0 Å². The van der Waals surface area contributed by atoms with Crippen molar-refractivity contribution in [3.05, 3.63) is 63.9 Å². The van der Waals surface area contributed by atoms with Crippen molar-refractivity contribution in [2.45, 2.75) is 18.0 Å². The van der Waals surface area contributed by atoms with E-state index in [2.05, 4.69) is 20.9 Å². The van der Waals surface area contributed by atoms with Crippen LogP contribution in [-0.2, 0) is 12.6 Å². The maximum Gasteiger partial charge on any atom is 0.416 e. The third-order valence-electron chi connectivity index (χ3n) is 2.78. The number of alkyl halides is 4. The van der Waals surface area contributed by atoms with Gasteiger partial charge >= 0.3 is 6.18 Å². The Morgan fingerprint density at radius 1 is 1.20 bits per heavy atom. The highest BCUT2D eigenvalue weighted by Crippen LogP contribution is 2.36. The smallest absolute Gasteiger partial charge is 0.261 e. The zero-order valence-electron chi connectivity index (χ0n) is 10.2. The summed E-state index contributed by atoms with van der Waals surface area (Å²) < 4.78 is 38.7. The summed E-state index contributed by atoms with van der Waals surface area (Å²) in [7, 11) is 0. The molecule has 1 aromatic heterocycles. The summed E-state index contributed by atoms with van der Waals surface area (Å²) in [5.74, 6) is 0. The highest BCUT2D eigenvalue weighted by atomic mass is 79.9. The molecule has 0 spiro atoms. The van der Waals surface area contributed by atoms with Gasteiger partial charge in [0.15, 0.2) is 0 Å². The largest absolute Gasteiger partial charge is 0.416 e. The molecule has 0 amide bonds. The Morgan fingerprint density at radius 3 is 2.55 bits per heavy atom. The Morgan fingerprint density at radius 2 is 1.95 bits per heavy atom. The summed E-state index contributed by atoms with van der Waals surface area (Å²) in [6.07, 6.45) is -2.39. The average Bonchev–Trinajstić information content (AvgIpc) is 2.39. The minimum absolute atomic E-state index is 0.363. The number of halogens is 5. The van der Waals surface area contributed by atoms with E-state index >= 15 is 0 Å². The van der Waals surface area contributed by atoms with Gasteiger partial charge in [0.2, 0.25) is 0 Å². The van der Waals surface area contributed by atoms with Crippen molar-refractivity contribution >= 4 is 27.5 Å². The van der Waals surface area contributed by atoms with Gasteiger partial charge in [-0.15, -0.1) is 11.6 Å². The standard InChI is InChI=1S/C14H10BrClF3N/c15-12-5-4-9(14(17,18)19)7-11(12)13(16)8-10-3-1-2-6-20-10/h1-7,13H,8H2. The second-order valence-electron chi connectivity index (χ2n) is 4.23. The van der Waals surface area contributed by atoms with E-state index in [9.17, 15) is 13.2 Å². The van der Waals surface area contributed by atoms with Crippen LogP contribution in [0.5, 0.6) is 0 Å². The summed E-state index contributed by atoms with van der Waals surface area (Å²) in [6, 6.07) is 8.84. The van der Waals surface area contributed by atoms with E-state index in [0.717, 1.165) is 17.8 Å². The number of hydrogen-bond donors (Lipinski definition) is 0. The van der Waals surface area contributed by atoms with Gasteiger partial charge < -0.3 is 0 Å². The van der Waals surface area contributed by atoms with Crippen LogP contribution < -0.4 is 0 Å².